The van der Waals surface area contributed by atoms with E-state index in [9.17, 15) is 0 Å². The van der Waals surface area contributed by atoms with Crippen LogP contribution in [0.25, 0.3) is 0 Å². The summed E-state index contributed by atoms with van der Waals surface area (Å²) in [4.78, 5) is 4.31. The topological polar surface area (TPSA) is 29.9 Å². The molecule has 0 amide bonds. The number of nitrogens with one attached hydrogen (secondary N) is 1. The molecule has 3 nitrogen and oxygen atoms in total. The van der Waals surface area contributed by atoms with Crippen molar-refractivity contribution in [3.63, 3.8) is 0 Å². The van der Waals surface area contributed by atoms with Gasteiger partial charge in [0.15, 0.2) is 0 Å². The van der Waals surface area contributed by atoms with Crippen LogP contribution in [0.5, 0.6) is 0 Å². The second-order valence-electron chi connectivity index (χ2n) is 3.94. The van der Waals surface area contributed by atoms with E-state index in [1.165, 1.54) is 5.56 Å². The maximum absolute atomic E-state index is 4.31. The lowest BCUT2D eigenvalue weighted by Gasteiger charge is -2.09. The average Bonchev–Trinajstić information content (AvgIpc) is 2.66. The first-order chi connectivity index (χ1) is 7.79. The van der Waals surface area contributed by atoms with Crippen molar-refractivity contribution >= 4 is 11.6 Å². The molecule has 0 atom stereocenters. The van der Waals surface area contributed by atoms with Crippen LogP contribution in [-0.2, 0) is 6.54 Å². The highest BCUT2D eigenvalue weighted by Crippen LogP contribution is 2.16. The summed E-state index contributed by atoms with van der Waals surface area (Å²) in [5.74, 6) is 0.910. The predicted molar refractivity (Wildman–Crippen MR) is 67.0 cm³/mol. The lowest BCUT2D eigenvalue weighted by atomic mass is 10.2. The molecule has 0 saturated carbocycles. The largest absolute Gasteiger partial charge is 0.326 e. The van der Waals surface area contributed by atoms with E-state index < -0.39 is 0 Å². The fraction of sp³-hybridized carbons (Fsp3) is 0.308. The van der Waals surface area contributed by atoms with Gasteiger partial charge in [-0.05, 0) is 31.0 Å². The highest BCUT2D eigenvalue weighted by molar-refractivity contribution is 5.54. The van der Waals surface area contributed by atoms with Crippen molar-refractivity contribution in [2.45, 2.75) is 26.8 Å². The third-order valence-corrected chi connectivity index (χ3v) is 2.45. The predicted octanol–water partition coefficient (Wildman–Crippen LogP) is 3.35. The van der Waals surface area contributed by atoms with Crippen molar-refractivity contribution in [2.24, 2.45) is 0 Å². The highest BCUT2D eigenvalue weighted by atomic mass is 15.2. The molecule has 3 heteroatoms. The molecule has 0 aliphatic heterocycles. The number of nitrogens with zero attached hydrogens (tertiary/aromatic N) is 2. The third-order valence-electron chi connectivity index (χ3n) is 2.45. The average molecular weight is 215 g/mol. The number of rotatable bonds is 4. The Labute approximate surface area is 96.1 Å². The van der Waals surface area contributed by atoms with Gasteiger partial charge in [-0.25, -0.2) is 4.98 Å². The number of anilines is 2. The molecule has 16 heavy (non-hydrogen) atoms. The summed E-state index contributed by atoms with van der Waals surface area (Å²) in [5.41, 5.74) is 2.34. The van der Waals surface area contributed by atoms with Gasteiger partial charge in [0.25, 0.3) is 0 Å². The first-order valence-electron chi connectivity index (χ1n) is 5.64. The second kappa shape index (κ2) is 4.84. The van der Waals surface area contributed by atoms with Crippen LogP contribution < -0.4 is 5.32 Å². The summed E-state index contributed by atoms with van der Waals surface area (Å²) in [6.45, 7) is 5.24. The third kappa shape index (κ3) is 2.42. The minimum atomic E-state index is 0.910. The van der Waals surface area contributed by atoms with Crippen molar-refractivity contribution in [1.82, 2.24) is 9.55 Å². The van der Waals surface area contributed by atoms with Crippen LogP contribution in [0, 0.1) is 6.92 Å². The normalized spacial score (nSPS) is 10.4. The van der Waals surface area contributed by atoms with Gasteiger partial charge in [-0.2, -0.15) is 0 Å². The van der Waals surface area contributed by atoms with E-state index in [0.29, 0.717) is 0 Å². The number of aromatic nitrogens is 2. The molecule has 0 spiro atoms. The van der Waals surface area contributed by atoms with Gasteiger partial charge < -0.3 is 9.88 Å². The summed E-state index contributed by atoms with van der Waals surface area (Å²) >= 11 is 0. The molecule has 1 heterocycles. The molecular formula is C13H17N3. The Morgan fingerprint density at radius 3 is 3.00 bits per heavy atom. The van der Waals surface area contributed by atoms with Gasteiger partial charge in [0.05, 0.1) is 0 Å². The fourth-order valence-corrected chi connectivity index (χ4v) is 1.71. The van der Waals surface area contributed by atoms with Crippen molar-refractivity contribution in [3.05, 3.63) is 42.2 Å². The molecule has 0 unspecified atom stereocenters. The van der Waals surface area contributed by atoms with Gasteiger partial charge in [-0.1, -0.05) is 19.1 Å². The summed E-state index contributed by atoms with van der Waals surface area (Å²) < 4.78 is 2.13. The van der Waals surface area contributed by atoms with Gasteiger partial charge >= 0.3 is 0 Å². The number of aryl methyl sites for hydroxylation is 2. The Morgan fingerprint density at radius 1 is 1.38 bits per heavy atom. The van der Waals surface area contributed by atoms with Crippen LogP contribution >= 0.6 is 0 Å². The Morgan fingerprint density at radius 2 is 2.25 bits per heavy atom. The SMILES string of the molecule is CCCn1ccnc1Nc1cccc(C)c1. The quantitative estimate of drug-likeness (QED) is 0.847. The van der Waals surface area contributed by atoms with Gasteiger partial charge in [0.2, 0.25) is 5.95 Å². The van der Waals surface area contributed by atoms with E-state index in [1.807, 2.05) is 18.5 Å². The van der Waals surface area contributed by atoms with Gasteiger partial charge in [-0.15, -0.1) is 0 Å². The van der Waals surface area contributed by atoms with Crippen molar-refractivity contribution in [1.29, 1.82) is 0 Å². The van der Waals surface area contributed by atoms with Gasteiger partial charge in [0.1, 0.15) is 0 Å². The lowest BCUT2D eigenvalue weighted by molar-refractivity contribution is 0.686. The summed E-state index contributed by atoms with van der Waals surface area (Å²) in [7, 11) is 0. The molecule has 1 N–H and O–H groups in total. The minimum Gasteiger partial charge on any atom is -0.326 e. The summed E-state index contributed by atoms with van der Waals surface area (Å²) in [6, 6.07) is 8.30. The molecular weight excluding hydrogens is 198 g/mol. The fourth-order valence-electron chi connectivity index (χ4n) is 1.71. The van der Waals surface area contributed by atoms with E-state index in [1.54, 1.807) is 0 Å². The van der Waals surface area contributed by atoms with Crippen molar-refractivity contribution in [2.75, 3.05) is 5.32 Å². The van der Waals surface area contributed by atoms with E-state index in [4.69, 9.17) is 0 Å². The monoisotopic (exact) mass is 215 g/mol. The number of hydrogen-bond donors (Lipinski definition) is 1. The van der Waals surface area contributed by atoms with E-state index in [0.717, 1.165) is 24.6 Å². The molecule has 0 aliphatic rings. The first kappa shape index (κ1) is 10.7. The molecule has 0 saturated heterocycles. The molecule has 2 rings (SSSR count). The second-order valence-corrected chi connectivity index (χ2v) is 3.94. The molecule has 0 bridgehead atoms. The van der Waals surface area contributed by atoms with Crippen molar-refractivity contribution in [3.8, 4) is 0 Å². The van der Waals surface area contributed by atoms with Crippen LogP contribution in [0.1, 0.15) is 18.9 Å². The van der Waals surface area contributed by atoms with E-state index in [2.05, 4.69) is 46.9 Å². The zero-order valence-corrected chi connectivity index (χ0v) is 9.77. The van der Waals surface area contributed by atoms with Crippen LogP contribution in [0.4, 0.5) is 11.6 Å². The Bertz CT molecular complexity index is 460. The molecule has 0 fully saturated rings. The molecule has 84 valence electrons. The van der Waals surface area contributed by atoms with Crippen LogP contribution in [-0.4, -0.2) is 9.55 Å². The highest BCUT2D eigenvalue weighted by Gasteiger charge is 2.01. The summed E-state index contributed by atoms with van der Waals surface area (Å²) in [6.07, 6.45) is 4.94. The Balaban J connectivity index is 2.17. The zero-order valence-electron chi connectivity index (χ0n) is 9.77. The van der Waals surface area contributed by atoms with Crippen LogP contribution in [0.3, 0.4) is 0 Å². The Kier molecular flexibility index (Phi) is 3.25. The van der Waals surface area contributed by atoms with Crippen LogP contribution in [0.2, 0.25) is 0 Å². The molecule has 1 aromatic carbocycles. The van der Waals surface area contributed by atoms with E-state index in [-0.39, 0.29) is 0 Å². The standard InChI is InChI=1S/C13H17N3/c1-3-8-16-9-7-14-13(16)15-12-6-4-5-11(2)10-12/h4-7,9-10H,3,8H2,1-2H3,(H,14,15). The minimum absolute atomic E-state index is 0.910. The Hall–Kier alpha value is -1.77. The van der Waals surface area contributed by atoms with E-state index >= 15 is 0 Å². The number of benzene rings is 1. The molecule has 0 radical (unpaired) electrons. The molecule has 0 aliphatic carbocycles. The maximum Gasteiger partial charge on any atom is 0.207 e. The van der Waals surface area contributed by atoms with Gasteiger partial charge in [0, 0.05) is 24.6 Å². The maximum atomic E-state index is 4.31. The summed E-state index contributed by atoms with van der Waals surface area (Å²) in [5, 5.41) is 3.33. The van der Waals surface area contributed by atoms with Gasteiger partial charge in [-0.3, -0.25) is 0 Å². The lowest BCUT2D eigenvalue weighted by Crippen LogP contribution is -2.02. The first-order valence-corrected chi connectivity index (χ1v) is 5.64. The van der Waals surface area contributed by atoms with Crippen LogP contribution in [0.15, 0.2) is 36.7 Å². The molecule has 1 aromatic heterocycles. The van der Waals surface area contributed by atoms with Crippen molar-refractivity contribution < 1.29 is 0 Å². The number of hydrogen-bond acceptors (Lipinski definition) is 2. The smallest absolute Gasteiger partial charge is 0.207 e. The molecule has 2 aromatic rings. The zero-order chi connectivity index (χ0) is 11.4. The number of imidazole rings is 1.